The maximum Gasteiger partial charge on any atom is 0.124 e. The fraction of sp³-hybridized carbons (Fsp3) is 0.625. The van der Waals surface area contributed by atoms with Crippen LogP contribution in [0.4, 0.5) is 0 Å². The third-order valence-electron chi connectivity index (χ3n) is 3.35. The van der Waals surface area contributed by atoms with Crippen LogP contribution in [0.15, 0.2) is 24.3 Å². The molecule has 0 aromatic heterocycles. The van der Waals surface area contributed by atoms with Crippen molar-refractivity contribution in [3.63, 3.8) is 0 Å². The highest BCUT2D eigenvalue weighted by Crippen LogP contribution is 2.32. The summed E-state index contributed by atoms with van der Waals surface area (Å²) in [6, 6.07) is 8.28. The molecule has 1 aromatic rings. The summed E-state index contributed by atoms with van der Waals surface area (Å²) in [4.78, 5) is 0. The Morgan fingerprint density at radius 3 is 2.85 bits per heavy atom. The standard InChI is InChI=1S/C16H25NO3/c1-12(2)10-18-8-9-19-15-11-20-14-7-5-4-6-13(14)16(15)17-3/h4-7,12,15-17H,8-11H2,1-3H3. The second-order valence-corrected chi connectivity index (χ2v) is 5.49. The summed E-state index contributed by atoms with van der Waals surface area (Å²) in [6.07, 6.45) is 0.0255. The maximum absolute atomic E-state index is 5.91. The predicted octanol–water partition coefficient (Wildman–Crippen LogP) is 2.40. The van der Waals surface area contributed by atoms with E-state index in [4.69, 9.17) is 14.2 Å². The second kappa shape index (κ2) is 7.62. The van der Waals surface area contributed by atoms with Crippen molar-refractivity contribution in [3.05, 3.63) is 29.8 Å². The largest absolute Gasteiger partial charge is 0.490 e. The van der Waals surface area contributed by atoms with E-state index in [1.165, 1.54) is 0 Å². The number of likely N-dealkylation sites (N-methyl/N-ethyl adjacent to an activating group) is 1. The molecule has 1 aromatic carbocycles. The van der Waals surface area contributed by atoms with Gasteiger partial charge in [0.1, 0.15) is 18.5 Å². The normalized spacial score (nSPS) is 21.6. The number of hydrogen-bond donors (Lipinski definition) is 1. The first-order valence-corrected chi connectivity index (χ1v) is 7.30. The molecular weight excluding hydrogens is 254 g/mol. The summed E-state index contributed by atoms with van der Waals surface area (Å²) in [5, 5.41) is 3.32. The van der Waals surface area contributed by atoms with Crippen LogP contribution in [0.2, 0.25) is 0 Å². The minimum Gasteiger partial charge on any atom is -0.490 e. The van der Waals surface area contributed by atoms with Gasteiger partial charge in [0.25, 0.3) is 0 Å². The molecule has 0 aliphatic carbocycles. The van der Waals surface area contributed by atoms with Gasteiger partial charge in [0.2, 0.25) is 0 Å². The molecule has 2 unspecified atom stereocenters. The highest BCUT2D eigenvalue weighted by Gasteiger charge is 2.30. The van der Waals surface area contributed by atoms with Gasteiger partial charge in [-0.05, 0) is 19.0 Å². The first-order chi connectivity index (χ1) is 9.72. The summed E-state index contributed by atoms with van der Waals surface area (Å²) in [5.41, 5.74) is 1.16. The minimum absolute atomic E-state index is 0.0255. The van der Waals surface area contributed by atoms with E-state index in [1.807, 2.05) is 25.2 Å². The fourth-order valence-corrected chi connectivity index (χ4v) is 2.40. The number of rotatable bonds is 7. The Balaban J connectivity index is 1.84. The molecular formula is C16H25NO3. The lowest BCUT2D eigenvalue weighted by Crippen LogP contribution is -2.40. The average molecular weight is 279 g/mol. The van der Waals surface area contributed by atoms with Crippen LogP contribution in [-0.4, -0.2) is 39.6 Å². The van der Waals surface area contributed by atoms with Crippen LogP contribution >= 0.6 is 0 Å². The van der Waals surface area contributed by atoms with E-state index in [0.717, 1.165) is 17.9 Å². The van der Waals surface area contributed by atoms with E-state index in [1.54, 1.807) is 0 Å². The zero-order valence-electron chi connectivity index (χ0n) is 12.6. The molecule has 20 heavy (non-hydrogen) atoms. The molecule has 0 bridgehead atoms. The minimum atomic E-state index is 0.0255. The van der Waals surface area contributed by atoms with Crippen LogP contribution in [-0.2, 0) is 9.47 Å². The number of hydrogen-bond acceptors (Lipinski definition) is 4. The predicted molar refractivity (Wildman–Crippen MR) is 79.1 cm³/mol. The maximum atomic E-state index is 5.91. The lowest BCUT2D eigenvalue weighted by molar-refractivity contribution is -0.0411. The summed E-state index contributed by atoms with van der Waals surface area (Å²) in [6.45, 7) is 6.87. The molecule has 1 N–H and O–H groups in total. The molecule has 112 valence electrons. The van der Waals surface area contributed by atoms with Crippen LogP contribution < -0.4 is 10.1 Å². The number of fused-ring (bicyclic) bond motifs is 1. The molecule has 0 saturated heterocycles. The second-order valence-electron chi connectivity index (χ2n) is 5.49. The van der Waals surface area contributed by atoms with E-state index < -0.39 is 0 Å². The van der Waals surface area contributed by atoms with Crippen molar-refractivity contribution in [1.29, 1.82) is 0 Å². The molecule has 1 heterocycles. The van der Waals surface area contributed by atoms with Crippen LogP contribution in [0.25, 0.3) is 0 Å². The number of nitrogens with one attached hydrogen (secondary N) is 1. The van der Waals surface area contributed by atoms with Gasteiger partial charge in [-0.1, -0.05) is 32.0 Å². The van der Waals surface area contributed by atoms with E-state index in [9.17, 15) is 0 Å². The van der Waals surface area contributed by atoms with Gasteiger partial charge in [0, 0.05) is 12.2 Å². The summed E-state index contributed by atoms with van der Waals surface area (Å²) < 4.78 is 17.2. The molecule has 1 aliphatic rings. The first kappa shape index (κ1) is 15.3. The zero-order valence-corrected chi connectivity index (χ0v) is 12.6. The summed E-state index contributed by atoms with van der Waals surface area (Å²) >= 11 is 0. The molecule has 0 spiro atoms. The highest BCUT2D eigenvalue weighted by molar-refractivity contribution is 5.38. The number of para-hydroxylation sites is 1. The first-order valence-electron chi connectivity index (χ1n) is 7.30. The van der Waals surface area contributed by atoms with Crippen molar-refractivity contribution in [2.75, 3.05) is 33.5 Å². The number of benzene rings is 1. The molecule has 1 aliphatic heterocycles. The molecule has 0 amide bonds. The Hall–Kier alpha value is -1.10. The Morgan fingerprint density at radius 1 is 1.30 bits per heavy atom. The topological polar surface area (TPSA) is 39.7 Å². The average Bonchev–Trinajstić information content (AvgIpc) is 2.46. The monoisotopic (exact) mass is 279 g/mol. The zero-order chi connectivity index (χ0) is 14.4. The Bertz CT molecular complexity index is 408. The molecule has 0 saturated carbocycles. The smallest absolute Gasteiger partial charge is 0.124 e. The van der Waals surface area contributed by atoms with Crippen molar-refractivity contribution in [3.8, 4) is 5.75 Å². The lowest BCUT2D eigenvalue weighted by Gasteiger charge is -2.33. The molecule has 0 radical (unpaired) electrons. The van der Waals surface area contributed by atoms with E-state index in [0.29, 0.717) is 25.7 Å². The van der Waals surface area contributed by atoms with Crippen LogP contribution in [0, 0.1) is 5.92 Å². The Morgan fingerprint density at radius 2 is 2.10 bits per heavy atom. The van der Waals surface area contributed by atoms with Crippen molar-refractivity contribution < 1.29 is 14.2 Å². The van der Waals surface area contributed by atoms with Gasteiger partial charge in [-0.3, -0.25) is 0 Å². The van der Waals surface area contributed by atoms with Gasteiger partial charge in [-0.2, -0.15) is 0 Å². The molecule has 4 heteroatoms. The van der Waals surface area contributed by atoms with Gasteiger partial charge >= 0.3 is 0 Å². The van der Waals surface area contributed by atoms with Crippen LogP contribution in [0.5, 0.6) is 5.75 Å². The molecule has 0 fully saturated rings. The van der Waals surface area contributed by atoms with E-state index >= 15 is 0 Å². The van der Waals surface area contributed by atoms with Crippen LogP contribution in [0.1, 0.15) is 25.5 Å². The van der Waals surface area contributed by atoms with E-state index in [-0.39, 0.29) is 12.1 Å². The third-order valence-corrected chi connectivity index (χ3v) is 3.35. The van der Waals surface area contributed by atoms with Gasteiger partial charge < -0.3 is 19.5 Å². The lowest BCUT2D eigenvalue weighted by atomic mass is 9.98. The molecule has 4 nitrogen and oxygen atoms in total. The van der Waals surface area contributed by atoms with Crippen LogP contribution in [0.3, 0.4) is 0 Å². The fourth-order valence-electron chi connectivity index (χ4n) is 2.40. The number of ether oxygens (including phenoxy) is 3. The third kappa shape index (κ3) is 3.95. The Labute approximate surface area is 121 Å². The van der Waals surface area contributed by atoms with Gasteiger partial charge in [-0.15, -0.1) is 0 Å². The van der Waals surface area contributed by atoms with Gasteiger partial charge in [-0.25, -0.2) is 0 Å². The molecule has 2 atom stereocenters. The van der Waals surface area contributed by atoms with Crippen molar-refractivity contribution in [2.24, 2.45) is 5.92 Å². The van der Waals surface area contributed by atoms with Gasteiger partial charge in [0.05, 0.1) is 19.3 Å². The molecule has 2 rings (SSSR count). The quantitative estimate of drug-likeness (QED) is 0.778. The van der Waals surface area contributed by atoms with Gasteiger partial charge in [0.15, 0.2) is 0 Å². The van der Waals surface area contributed by atoms with Crippen molar-refractivity contribution in [1.82, 2.24) is 5.32 Å². The Kier molecular flexibility index (Phi) is 5.83. The summed E-state index contributed by atoms with van der Waals surface area (Å²) in [5.74, 6) is 1.51. The highest BCUT2D eigenvalue weighted by atomic mass is 16.6. The van der Waals surface area contributed by atoms with Crippen molar-refractivity contribution >= 4 is 0 Å². The van der Waals surface area contributed by atoms with Crippen molar-refractivity contribution in [2.45, 2.75) is 26.0 Å². The van der Waals surface area contributed by atoms with E-state index in [2.05, 4.69) is 25.2 Å². The summed E-state index contributed by atoms with van der Waals surface area (Å²) in [7, 11) is 1.96. The SMILES string of the molecule is CNC1c2ccccc2OCC1OCCOCC(C)C.